The van der Waals surface area contributed by atoms with E-state index in [2.05, 4.69) is 19.2 Å². The van der Waals surface area contributed by atoms with Crippen molar-refractivity contribution in [2.24, 2.45) is 0 Å². The molecule has 16 heavy (non-hydrogen) atoms. The zero-order valence-corrected chi connectivity index (χ0v) is 11.2. The highest BCUT2D eigenvalue weighted by atomic mass is 35.5. The molecule has 1 aromatic carbocycles. The Morgan fingerprint density at radius 1 is 1.25 bits per heavy atom. The Morgan fingerprint density at radius 3 is 2.31 bits per heavy atom. The van der Waals surface area contributed by atoms with Crippen LogP contribution >= 0.6 is 23.2 Å². The third-order valence-electron chi connectivity index (χ3n) is 3.05. The first-order chi connectivity index (χ1) is 7.50. The normalized spacial score (nSPS) is 16.5. The average Bonchev–Trinajstić information content (AvgIpc) is 2.97. The zero-order chi connectivity index (χ0) is 11.8. The van der Waals surface area contributed by atoms with Gasteiger partial charge in [0, 0.05) is 28.0 Å². The van der Waals surface area contributed by atoms with Crippen LogP contribution in [0.4, 0.5) is 0 Å². The van der Waals surface area contributed by atoms with Crippen LogP contribution in [0.3, 0.4) is 0 Å². The van der Waals surface area contributed by atoms with Crippen molar-refractivity contribution in [1.82, 2.24) is 5.32 Å². The number of hydrogen-bond donors (Lipinski definition) is 1. The minimum absolute atomic E-state index is 0.0297. The molecular weight excluding hydrogens is 241 g/mol. The van der Waals surface area contributed by atoms with Gasteiger partial charge in [-0.3, -0.25) is 0 Å². The zero-order valence-electron chi connectivity index (χ0n) is 9.69. The SMILES string of the molecule is CC(C)(CNC1CC1)c1c(Cl)cccc1Cl. The van der Waals surface area contributed by atoms with Crippen LogP contribution in [0.5, 0.6) is 0 Å². The van der Waals surface area contributed by atoms with Crippen molar-refractivity contribution in [3.05, 3.63) is 33.8 Å². The first kappa shape index (κ1) is 12.2. The Kier molecular flexibility index (Phi) is 3.48. The highest BCUT2D eigenvalue weighted by Crippen LogP contribution is 2.35. The van der Waals surface area contributed by atoms with E-state index in [4.69, 9.17) is 23.2 Å². The first-order valence-corrected chi connectivity index (χ1v) is 6.44. The van der Waals surface area contributed by atoms with E-state index in [9.17, 15) is 0 Å². The largest absolute Gasteiger partial charge is 0.313 e. The van der Waals surface area contributed by atoms with Gasteiger partial charge in [-0.15, -0.1) is 0 Å². The molecule has 0 aliphatic heterocycles. The van der Waals surface area contributed by atoms with E-state index in [1.54, 1.807) is 0 Å². The monoisotopic (exact) mass is 257 g/mol. The fraction of sp³-hybridized carbons (Fsp3) is 0.538. The maximum absolute atomic E-state index is 6.23. The van der Waals surface area contributed by atoms with E-state index < -0.39 is 0 Å². The summed E-state index contributed by atoms with van der Waals surface area (Å²) in [4.78, 5) is 0. The van der Waals surface area contributed by atoms with Crippen molar-refractivity contribution in [2.45, 2.75) is 38.1 Å². The van der Waals surface area contributed by atoms with Crippen molar-refractivity contribution < 1.29 is 0 Å². The molecular formula is C13H17Cl2N. The number of nitrogens with one attached hydrogen (secondary N) is 1. The third kappa shape index (κ3) is 2.71. The highest BCUT2D eigenvalue weighted by Gasteiger charge is 2.29. The van der Waals surface area contributed by atoms with Crippen LogP contribution in [-0.4, -0.2) is 12.6 Å². The van der Waals surface area contributed by atoms with Crippen LogP contribution in [0.25, 0.3) is 0 Å². The fourth-order valence-electron chi connectivity index (χ4n) is 1.92. The van der Waals surface area contributed by atoms with Gasteiger partial charge in [-0.25, -0.2) is 0 Å². The van der Waals surface area contributed by atoms with Crippen molar-refractivity contribution >= 4 is 23.2 Å². The van der Waals surface area contributed by atoms with Crippen LogP contribution in [-0.2, 0) is 5.41 Å². The molecule has 0 spiro atoms. The van der Waals surface area contributed by atoms with Gasteiger partial charge in [0.25, 0.3) is 0 Å². The third-order valence-corrected chi connectivity index (χ3v) is 3.68. The summed E-state index contributed by atoms with van der Waals surface area (Å²) in [5, 5.41) is 5.05. The summed E-state index contributed by atoms with van der Waals surface area (Å²) in [5.74, 6) is 0. The van der Waals surface area contributed by atoms with Crippen molar-refractivity contribution in [3.8, 4) is 0 Å². The summed E-state index contributed by atoms with van der Waals surface area (Å²) in [6, 6.07) is 6.41. The molecule has 1 aliphatic carbocycles. The second kappa shape index (κ2) is 4.56. The maximum atomic E-state index is 6.23. The molecule has 0 saturated heterocycles. The van der Waals surface area contributed by atoms with Gasteiger partial charge in [-0.05, 0) is 30.5 Å². The fourth-order valence-corrected chi connectivity index (χ4v) is 2.83. The van der Waals surface area contributed by atoms with Gasteiger partial charge in [-0.2, -0.15) is 0 Å². The predicted molar refractivity (Wildman–Crippen MR) is 70.5 cm³/mol. The van der Waals surface area contributed by atoms with E-state index in [0.29, 0.717) is 6.04 Å². The number of hydrogen-bond acceptors (Lipinski definition) is 1. The van der Waals surface area contributed by atoms with Crippen LogP contribution < -0.4 is 5.32 Å². The molecule has 1 aliphatic rings. The molecule has 1 fully saturated rings. The standard InChI is InChI=1S/C13H17Cl2N/c1-13(2,8-16-9-6-7-9)12-10(14)4-3-5-11(12)15/h3-5,9,16H,6-8H2,1-2H3. The van der Waals surface area contributed by atoms with Crippen LogP contribution in [0.2, 0.25) is 10.0 Å². The molecule has 0 heterocycles. The number of halogens is 2. The molecule has 1 aromatic rings. The average molecular weight is 258 g/mol. The van der Waals surface area contributed by atoms with Crippen LogP contribution in [0.15, 0.2) is 18.2 Å². The predicted octanol–water partition coefficient (Wildman–Crippen LogP) is 4.02. The summed E-state index contributed by atoms with van der Waals surface area (Å²) in [6.45, 7) is 5.27. The number of rotatable bonds is 4. The molecule has 1 N–H and O–H groups in total. The van der Waals surface area contributed by atoms with Crippen molar-refractivity contribution in [2.75, 3.05) is 6.54 Å². The topological polar surface area (TPSA) is 12.0 Å². The molecule has 88 valence electrons. The van der Waals surface area contributed by atoms with E-state index in [0.717, 1.165) is 22.2 Å². The van der Waals surface area contributed by atoms with Gasteiger partial charge >= 0.3 is 0 Å². The van der Waals surface area contributed by atoms with Gasteiger partial charge in [0.15, 0.2) is 0 Å². The number of benzene rings is 1. The molecule has 0 atom stereocenters. The second-order valence-electron chi connectivity index (χ2n) is 5.14. The quantitative estimate of drug-likeness (QED) is 0.859. The van der Waals surface area contributed by atoms with Crippen LogP contribution in [0, 0.1) is 0 Å². The summed E-state index contributed by atoms with van der Waals surface area (Å²) in [6.07, 6.45) is 2.60. The van der Waals surface area contributed by atoms with Gasteiger partial charge in [0.2, 0.25) is 0 Å². The molecule has 0 unspecified atom stereocenters. The first-order valence-electron chi connectivity index (χ1n) is 5.68. The van der Waals surface area contributed by atoms with Gasteiger partial charge < -0.3 is 5.32 Å². The lowest BCUT2D eigenvalue weighted by Crippen LogP contribution is -2.34. The van der Waals surface area contributed by atoms with Gasteiger partial charge in [0.1, 0.15) is 0 Å². The molecule has 0 bridgehead atoms. The summed E-state index contributed by atoms with van der Waals surface area (Å²) in [5.41, 5.74) is 1.02. The molecule has 0 amide bonds. The Hall–Kier alpha value is -0.240. The smallest absolute Gasteiger partial charge is 0.0458 e. The van der Waals surface area contributed by atoms with Crippen molar-refractivity contribution in [3.63, 3.8) is 0 Å². The lowest BCUT2D eigenvalue weighted by molar-refractivity contribution is 0.468. The minimum Gasteiger partial charge on any atom is -0.313 e. The Labute approximate surface area is 107 Å². The highest BCUT2D eigenvalue weighted by molar-refractivity contribution is 6.36. The molecule has 2 rings (SSSR count). The molecule has 0 radical (unpaired) electrons. The van der Waals surface area contributed by atoms with Gasteiger partial charge in [0.05, 0.1) is 0 Å². The molecule has 3 heteroatoms. The Morgan fingerprint density at radius 2 is 1.81 bits per heavy atom. The Bertz CT molecular complexity index is 363. The van der Waals surface area contributed by atoms with E-state index in [1.807, 2.05) is 18.2 Å². The van der Waals surface area contributed by atoms with E-state index in [1.165, 1.54) is 12.8 Å². The van der Waals surface area contributed by atoms with Gasteiger partial charge in [-0.1, -0.05) is 43.1 Å². The summed E-state index contributed by atoms with van der Waals surface area (Å²) in [7, 11) is 0. The van der Waals surface area contributed by atoms with Crippen molar-refractivity contribution in [1.29, 1.82) is 0 Å². The lowest BCUT2D eigenvalue weighted by atomic mass is 9.84. The van der Waals surface area contributed by atoms with Crippen LogP contribution in [0.1, 0.15) is 32.3 Å². The molecule has 0 aromatic heterocycles. The molecule has 1 nitrogen and oxygen atoms in total. The Balaban J connectivity index is 2.18. The lowest BCUT2D eigenvalue weighted by Gasteiger charge is -2.28. The van der Waals surface area contributed by atoms with E-state index >= 15 is 0 Å². The summed E-state index contributed by atoms with van der Waals surface area (Å²) < 4.78 is 0. The molecule has 1 saturated carbocycles. The second-order valence-corrected chi connectivity index (χ2v) is 5.95. The minimum atomic E-state index is -0.0297. The summed E-state index contributed by atoms with van der Waals surface area (Å²) >= 11 is 12.5. The van der Waals surface area contributed by atoms with E-state index in [-0.39, 0.29) is 5.41 Å². The maximum Gasteiger partial charge on any atom is 0.0458 e.